The molecule has 0 bridgehead atoms. The molecule has 2 amide bonds. The fourth-order valence-electron chi connectivity index (χ4n) is 2.32. The molecule has 1 atom stereocenters. The molecule has 1 heterocycles. The van der Waals surface area contributed by atoms with Crippen molar-refractivity contribution in [1.29, 1.82) is 0 Å². The Bertz CT molecular complexity index is 738. The van der Waals surface area contributed by atoms with Gasteiger partial charge in [-0.05, 0) is 35.9 Å². The minimum Gasteiger partial charge on any atom is -0.486 e. The van der Waals surface area contributed by atoms with E-state index in [0.717, 1.165) is 0 Å². The highest BCUT2D eigenvalue weighted by Crippen LogP contribution is 2.32. The molecule has 1 aliphatic rings. The predicted octanol–water partition coefficient (Wildman–Crippen LogP) is 2.97. The van der Waals surface area contributed by atoms with Crippen LogP contribution in [-0.2, 0) is 0 Å². The molecule has 0 aromatic heterocycles. The van der Waals surface area contributed by atoms with Crippen molar-refractivity contribution in [3.8, 4) is 11.5 Å². The van der Waals surface area contributed by atoms with Crippen molar-refractivity contribution in [3.63, 3.8) is 0 Å². The molecular formula is C17H17ClN2O4. The van der Waals surface area contributed by atoms with Gasteiger partial charge in [-0.2, -0.15) is 0 Å². The van der Waals surface area contributed by atoms with Gasteiger partial charge in [-0.15, -0.1) is 0 Å². The SMILES string of the molecule is O=C(NCC(O)c1ccc2c(c1)OCCO2)Nc1cccc(Cl)c1. The molecule has 0 saturated heterocycles. The van der Waals surface area contributed by atoms with E-state index >= 15 is 0 Å². The Morgan fingerprint density at radius 2 is 1.96 bits per heavy atom. The van der Waals surface area contributed by atoms with E-state index in [2.05, 4.69) is 10.6 Å². The number of amides is 2. The number of aliphatic hydroxyl groups excluding tert-OH is 1. The maximum absolute atomic E-state index is 11.9. The number of benzene rings is 2. The Morgan fingerprint density at radius 3 is 2.75 bits per heavy atom. The minimum atomic E-state index is -0.856. The molecule has 126 valence electrons. The van der Waals surface area contributed by atoms with Crippen molar-refractivity contribution in [2.45, 2.75) is 6.10 Å². The van der Waals surface area contributed by atoms with Crippen LogP contribution in [0.2, 0.25) is 5.02 Å². The molecule has 0 saturated carbocycles. The number of hydrogen-bond donors (Lipinski definition) is 3. The van der Waals surface area contributed by atoms with Gasteiger partial charge >= 0.3 is 6.03 Å². The largest absolute Gasteiger partial charge is 0.486 e. The van der Waals surface area contributed by atoms with E-state index in [0.29, 0.717) is 41.0 Å². The molecular weight excluding hydrogens is 332 g/mol. The maximum Gasteiger partial charge on any atom is 0.319 e. The van der Waals surface area contributed by atoms with Gasteiger partial charge in [0.05, 0.1) is 6.10 Å². The van der Waals surface area contributed by atoms with E-state index in [4.69, 9.17) is 21.1 Å². The molecule has 2 aromatic carbocycles. The number of aliphatic hydroxyl groups is 1. The van der Waals surface area contributed by atoms with E-state index in [-0.39, 0.29) is 6.54 Å². The molecule has 1 aliphatic heterocycles. The first kappa shape index (κ1) is 16.4. The van der Waals surface area contributed by atoms with Crippen molar-refractivity contribution in [1.82, 2.24) is 5.32 Å². The van der Waals surface area contributed by atoms with Crippen LogP contribution in [0.3, 0.4) is 0 Å². The fraction of sp³-hybridized carbons (Fsp3) is 0.235. The third-order valence-corrected chi connectivity index (χ3v) is 3.72. The van der Waals surface area contributed by atoms with E-state index in [1.54, 1.807) is 42.5 Å². The summed E-state index contributed by atoms with van der Waals surface area (Å²) in [6.07, 6.45) is -0.856. The number of anilines is 1. The molecule has 0 radical (unpaired) electrons. The molecule has 0 aliphatic carbocycles. The summed E-state index contributed by atoms with van der Waals surface area (Å²) < 4.78 is 10.9. The highest BCUT2D eigenvalue weighted by molar-refractivity contribution is 6.30. The first-order valence-electron chi connectivity index (χ1n) is 7.50. The van der Waals surface area contributed by atoms with Gasteiger partial charge in [0.25, 0.3) is 0 Å². The first-order chi connectivity index (χ1) is 11.6. The number of halogens is 1. The Hall–Kier alpha value is -2.44. The maximum atomic E-state index is 11.9. The van der Waals surface area contributed by atoms with Crippen LogP contribution in [0.25, 0.3) is 0 Å². The summed E-state index contributed by atoms with van der Waals surface area (Å²) in [7, 11) is 0. The van der Waals surface area contributed by atoms with Gasteiger partial charge in [0, 0.05) is 17.3 Å². The number of urea groups is 1. The number of ether oxygens (including phenoxy) is 2. The number of fused-ring (bicyclic) bond motifs is 1. The quantitative estimate of drug-likeness (QED) is 0.793. The van der Waals surface area contributed by atoms with Gasteiger partial charge < -0.3 is 25.2 Å². The molecule has 0 fully saturated rings. The number of carbonyl (C=O) groups is 1. The molecule has 3 N–H and O–H groups in total. The molecule has 1 unspecified atom stereocenters. The highest BCUT2D eigenvalue weighted by Gasteiger charge is 2.16. The number of nitrogens with one attached hydrogen (secondary N) is 2. The molecule has 7 heteroatoms. The summed E-state index contributed by atoms with van der Waals surface area (Å²) >= 11 is 5.86. The Labute approximate surface area is 144 Å². The van der Waals surface area contributed by atoms with Crippen LogP contribution in [0.5, 0.6) is 11.5 Å². The normalized spacial score (nSPS) is 13.9. The molecule has 0 spiro atoms. The average Bonchev–Trinajstić information content (AvgIpc) is 2.59. The van der Waals surface area contributed by atoms with Crippen molar-refractivity contribution < 1.29 is 19.4 Å². The topological polar surface area (TPSA) is 79.8 Å². The lowest BCUT2D eigenvalue weighted by atomic mass is 10.1. The summed E-state index contributed by atoms with van der Waals surface area (Å²) in [6.45, 7) is 1.05. The first-order valence-corrected chi connectivity index (χ1v) is 7.87. The monoisotopic (exact) mass is 348 g/mol. The number of carbonyl (C=O) groups excluding carboxylic acids is 1. The number of hydrogen-bond acceptors (Lipinski definition) is 4. The van der Waals surface area contributed by atoms with Crippen molar-refractivity contribution >= 4 is 23.3 Å². The average molecular weight is 349 g/mol. The Kier molecular flexibility index (Phi) is 5.08. The van der Waals surface area contributed by atoms with Crippen LogP contribution in [0.4, 0.5) is 10.5 Å². The van der Waals surface area contributed by atoms with Crippen LogP contribution < -0.4 is 20.1 Å². The summed E-state index contributed by atoms with van der Waals surface area (Å²) in [4.78, 5) is 11.9. The van der Waals surface area contributed by atoms with E-state index in [1.165, 1.54) is 0 Å². The van der Waals surface area contributed by atoms with Gasteiger partial charge in [0.15, 0.2) is 11.5 Å². The van der Waals surface area contributed by atoms with Crippen LogP contribution in [0.15, 0.2) is 42.5 Å². The van der Waals surface area contributed by atoms with E-state index in [1.807, 2.05) is 0 Å². The van der Waals surface area contributed by atoms with Crippen molar-refractivity contribution in [2.75, 3.05) is 25.1 Å². The molecule has 6 nitrogen and oxygen atoms in total. The zero-order chi connectivity index (χ0) is 16.9. The fourth-order valence-corrected chi connectivity index (χ4v) is 2.51. The van der Waals surface area contributed by atoms with Gasteiger partial charge in [-0.3, -0.25) is 0 Å². The third-order valence-electron chi connectivity index (χ3n) is 3.49. The zero-order valence-electron chi connectivity index (χ0n) is 12.8. The molecule has 3 rings (SSSR count). The van der Waals surface area contributed by atoms with E-state index in [9.17, 15) is 9.90 Å². The van der Waals surface area contributed by atoms with Gasteiger partial charge in [-0.25, -0.2) is 4.79 Å². The summed E-state index contributed by atoms with van der Waals surface area (Å²) in [5, 5.41) is 16.0. The standard InChI is InChI=1S/C17H17ClN2O4/c18-12-2-1-3-13(9-12)20-17(22)19-10-14(21)11-4-5-15-16(8-11)24-7-6-23-15/h1-5,8-9,14,21H,6-7,10H2,(H2,19,20,22). The van der Waals surface area contributed by atoms with Crippen LogP contribution >= 0.6 is 11.6 Å². The summed E-state index contributed by atoms with van der Waals surface area (Å²) in [6, 6.07) is 11.6. The minimum absolute atomic E-state index is 0.0616. The molecule has 2 aromatic rings. The second-order valence-electron chi connectivity index (χ2n) is 5.26. The van der Waals surface area contributed by atoms with Crippen molar-refractivity contribution in [3.05, 3.63) is 53.1 Å². The van der Waals surface area contributed by atoms with Crippen molar-refractivity contribution in [2.24, 2.45) is 0 Å². The summed E-state index contributed by atoms with van der Waals surface area (Å²) in [5.41, 5.74) is 1.22. The van der Waals surface area contributed by atoms with Gasteiger partial charge in [0.2, 0.25) is 0 Å². The Balaban J connectivity index is 1.55. The zero-order valence-corrected chi connectivity index (χ0v) is 13.5. The third kappa shape index (κ3) is 4.10. The highest BCUT2D eigenvalue weighted by atomic mass is 35.5. The lowest BCUT2D eigenvalue weighted by Crippen LogP contribution is -2.32. The van der Waals surface area contributed by atoms with E-state index < -0.39 is 12.1 Å². The van der Waals surface area contributed by atoms with Gasteiger partial charge in [-0.1, -0.05) is 23.7 Å². The summed E-state index contributed by atoms with van der Waals surface area (Å²) in [5.74, 6) is 1.25. The number of rotatable bonds is 4. The second-order valence-corrected chi connectivity index (χ2v) is 5.70. The molecule has 24 heavy (non-hydrogen) atoms. The van der Waals surface area contributed by atoms with Gasteiger partial charge in [0.1, 0.15) is 13.2 Å². The lowest BCUT2D eigenvalue weighted by Gasteiger charge is -2.20. The Morgan fingerprint density at radius 1 is 1.17 bits per heavy atom. The van der Waals surface area contributed by atoms with Crippen LogP contribution in [0.1, 0.15) is 11.7 Å². The predicted molar refractivity (Wildman–Crippen MR) is 90.9 cm³/mol. The van der Waals surface area contributed by atoms with Crippen LogP contribution in [0, 0.1) is 0 Å². The second kappa shape index (κ2) is 7.42. The smallest absolute Gasteiger partial charge is 0.319 e. The lowest BCUT2D eigenvalue weighted by molar-refractivity contribution is 0.163. The van der Waals surface area contributed by atoms with Crippen LogP contribution in [-0.4, -0.2) is 30.9 Å².